The molecule has 0 saturated carbocycles. The molecule has 1 fully saturated rings. The number of nitrogens with zero attached hydrogens (tertiary/aromatic N) is 3. The van der Waals surface area contributed by atoms with Crippen molar-refractivity contribution in [2.24, 2.45) is 0 Å². The van der Waals surface area contributed by atoms with Gasteiger partial charge in [-0.2, -0.15) is 4.98 Å². The van der Waals surface area contributed by atoms with Gasteiger partial charge in [-0.05, 0) is 6.92 Å². The highest BCUT2D eigenvalue weighted by atomic mass is 16.5. The van der Waals surface area contributed by atoms with E-state index in [1.807, 2.05) is 11.8 Å². The summed E-state index contributed by atoms with van der Waals surface area (Å²) in [6.45, 7) is 3.80. The summed E-state index contributed by atoms with van der Waals surface area (Å²) in [7, 11) is 0. The lowest BCUT2D eigenvalue weighted by atomic mass is 9.97. The summed E-state index contributed by atoms with van der Waals surface area (Å²) in [6, 6.07) is 0. The number of hydrogen-bond donors (Lipinski definition) is 1. The predicted molar refractivity (Wildman–Crippen MR) is 40.2 cm³/mol. The summed E-state index contributed by atoms with van der Waals surface area (Å²) >= 11 is 0. The second kappa shape index (κ2) is 2.53. The Hall–Kier alpha value is -0.940. The molecule has 5 nitrogen and oxygen atoms in total. The molecule has 66 valence electrons. The first-order valence-electron chi connectivity index (χ1n) is 3.86. The van der Waals surface area contributed by atoms with E-state index < -0.39 is 5.60 Å². The van der Waals surface area contributed by atoms with E-state index in [0.29, 0.717) is 25.5 Å². The molecule has 2 rings (SSSR count). The smallest absolute Gasteiger partial charge is 0.240 e. The van der Waals surface area contributed by atoms with Crippen LogP contribution in [0, 0.1) is 0 Å². The molecule has 0 atom stereocenters. The molecule has 0 radical (unpaired) electrons. The first-order valence-corrected chi connectivity index (χ1v) is 3.86. The summed E-state index contributed by atoms with van der Waals surface area (Å²) in [4.78, 5) is 5.93. The van der Waals surface area contributed by atoms with Gasteiger partial charge in [0, 0.05) is 13.1 Å². The summed E-state index contributed by atoms with van der Waals surface area (Å²) in [5.41, 5.74) is -0.528. The fourth-order valence-electron chi connectivity index (χ4n) is 1.49. The molecule has 5 heteroatoms. The lowest BCUT2D eigenvalue weighted by molar-refractivity contribution is -0.0901. The third kappa shape index (κ3) is 1.46. The molecular weight excluding hydrogens is 158 g/mol. The minimum atomic E-state index is -0.528. The largest absolute Gasteiger partial charge is 0.388 e. The predicted octanol–water partition coefficient (Wildman–Crippen LogP) is -0.364. The lowest BCUT2D eigenvalue weighted by Gasteiger charge is -2.43. The van der Waals surface area contributed by atoms with E-state index in [4.69, 9.17) is 4.52 Å². The van der Waals surface area contributed by atoms with Crippen LogP contribution >= 0.6 is 0 Å². The van der Waals surface area contributed by atoms with Crippen molar-refractivity contribution in [3.63, 3.8) is 0 Å². The van der Waals surface area contributed by atoms with Crippen molar-refractivity contribution < 1.29 is 9.63 Å². The van der Waals surface area contributed by atoms with E-state index in [1.54, 1.807) is 0 Å². The Morgan fingerprint density at radius 1 is 1.75 bits per heavy atom. The molecule has 1 aromatic heterocycles. The number of hydrogen-bond acceptors (Lipinski definition) is 5. The minimum Gasteiger partial charge on any atom is -0.388 e. The third-order valence-corrected chi connectivity index (χ3v) is 1.89. The molecule has 1 saturated heterocycles. The third-order valence-electron chi connectivity index (χ3n) is 1.89. The Labute approximate surface area is 70.0 Å². The molecule has 0 amide bonds. The zero-order valence-corrected chi connectivity index (χ0v) is 6.90. The van der Waals surface area contributed by atoms with Crippen LogP contribution in [-0.4, -0.2) is 38.8 Å². The Balaban J connectivity index is 1.84. The maximum atomic E-state index is 9.40. The Morgan fingerprint density at radius 3 is 3.00 bits per heavy atom. The molecule has 2 heterocycles. The molecule has 0 unspecified atom stereocenters. The maximum absolute atomic E-state index is 9.40. The molecule has 1 N–H and O–H groups in total. The Kier molecular flexibility index (Phi) is 1.62. The second-order valence-corrected chi connectivity index (χ2v) is 3.48. The fourth-order valence-corrected chi connectivity index (χ4v) is 1.49. The van der Waals surface area contributed by atoms with E-state index in [9.17, 15) is 5.11 Å². The van der Waals surface area contributed by atoms with Crippen LogP contribution in [0.2, 0.25) is 0 Å². The number of aromatic nitrogens is 2. The van der Waals surface area contributed by atoms with Crippen molar-refractivity contribution >= 4 is 0 Å². The topological polar surface area (TPSA) is 62.4 Å². The molecule has 0 spiro atoms. The van der Waals surface area contributed by atoms with Gasteiger partial charge in [-0.1, -0.05) is 5.16 Å². The van der Waals surface area contributed by atoms with Crippen molar-refractivity contribution in [2.45, 2.75) is 19.1 Å². The van der Waals surface area contributed by atoms with Crippen LogP contribution in [0.15, 0.2) is 10.9 Å². The van der Waals surface area contributed by atoms with Gasteiger partial charge >= 0.3 is 0 Å². The van der Waals surface area contributed by atoms with Gasteiger partial charge in [0.05, 0.1) is 12.1 Å². The SMILES string of the molecule is CC1(O)CN(Cc2ncno2)C1. The number of likely N-dealkylation sites (tertiary alicyclic amines) is 1. The summed E-state index contributed by atoms with van der Waals surface area (Å²) in [5.74, 6) is 0.602. The van der Waals surface area contributed by atoms with Crippen molar-refractivity contribution in [3.05, 3.63) is 12.2 Å². The van der Waals surface area contributed by atoms with Gasteiger partial charge in [-0.3, -0.25) is 4.90 Å². The van der Waals surface area contributed by atoms with Crippen molar-refractivity contribution in [1.82, 2.24) is 15.0 Å². The zero-order valence-electron chi connectivity index (χ0n) is 6.90. The van der Waals surface area contributed by atoms with Gasteiger partial charge in [0.15, 0.2) is 6.33 Å². The molecular formula is C7H11N3O2. The van der Waals surface area contributed by atoms with Gasteiger partial charge in [0.25, 0.3) is 0 Å². The van der Waals surface area contributed by atoms with Gasteiger partial charge < -0.3 is 9.63 Å². The monoisotopic (exact) mass is 169 g/mol. The average Bonchev–Trinajstić information content (AvgIpc) is 2.35. The van der Waals surface area contributed by atoms with Gasteiger partial charge in [0.1, 0.15) is 0 Å². The van der Waals surface area contributed by atoms with Crippen LogP contribution in [0.4, 0.5) is 0 Å². The van der Waals surface area contributed by atoms with Crippen LogP contribution in [0.5, 0.6) is 0 Å². The molecule has 0 aromatic carbocycles. The van der Waals surface area contributed by atoms with Gasteiger partial charge in [-0.15, -0.1) is 0 Å². The number of rotatable bonds is 2. The highest BCUT2D eigenvalue weighted by Gasteiger charge is 2.36. The number of β-amino-alcohol motifs (C(OH)–C–C–N with tert-alkyl or cyclic N) is 1. The average molecular weight is 169 g/mol. The summed E-state index contributed by atoms with van der Waals surface area (Å²) in [6.07, 6.45) is 1.38. The first-order chi connectivity index (χ1) is 5.66. The van der Waals surface area contributed by atoms with E-state index in [-0.39, 0.29) is 0 Å². The van der Waals surface area contributed by atoms with Gasteiger partial charge in [-0.25, -0.2) is 0 Å². The van der Waals surface area contributed by atoms with Crippen molar-refractivity contribution in [1.29, 1.82) is 0 Å². The van der Waals surface area contributed by atoms with Crippen LogP contribution in [0.25, 0.3) is 0 Å². The fraction of sp³-hybridized carbons (Fsp3) is 0.714. The maximum Gasteiger partial charge on any atom is 0.240 e. The Morgan fingerprint density at radius 2 is 2.50 bits per heavy atom. The highest BCUT2D eigenvalue weighted by molar-refractivity contribution is 4.93. The highest BCUT2D eigenvalue weighted by Crippen LogP contribution is 2.20. The van der Waals surface area contributed by atoms with E-state index in [2.05, 4.69) is 10.1 Å². The normalized spacial score (nSPS) is 22.2. The van der Waals surface area contributed by atoms with Crippen molar-refractivity contribution in [3.8, 4) is 0 Å². The van der Waals surface area contributed by atoms with Crippen LogP contribution in [0.1, 0.15) is 12.8 Å². The number of aliphatic hydroxyl groups is 1. The molecule has 1 aliphatic heterocycles. The van der Waals surface area contributed by atoms with Gasteiger partial charge in [0.2, 0.25) is 5.89 Å². The molecule has 1 aliphatic rings. The molecule has 12 heavy (non-hydrogen) atoms. The molecule has 0 aliphatic carbocycles. The van der Waals surface area contributed by atoms with E-state index >= 15 is 0 Å². The second-order valence-electron chi connectivity index (χ2n) is 3.48. The lowest BCUT2D eigenvalue weighted by Crippen LogP contribution is -2.59. The van der Waals surface area contributed by atoms with Crippen LogP contribution < -0.4 is 0 Å². The van der Waals surface area contributed by atoms with Crippen LogP contribution in [0.3, 0.4) is 0 Å². The molecule has 0 bridgehead atoms. The van der Waals surface area contributed by atoms with Crippen LogP contribution in [-0.2, 0) is 6.54 Å². The quantitative estimate of drug-likeness (QED) is 0.654. The molecule has 1 aromatic rings. The first kappa shape index (κ1) is 7.70. The van der Waals surface area contributed by atoms with E-state index in [0.717, 1.165) is 0 Å². The Bertz CT molecular complexity index is 250. The van der Waals surface area contributed by atoms with Crippen molar-refractivity contribution in [2.75, 3.05) is 13.1 Å². The standard InChI is InChI=1S/C7H11N3O2/c1-7(11)3-10(4-7)2-6-8-5-9-12-6/h5,11H,2-4H2,1H3. The zero-order chi connectivity index (χ0) is 8.60. The summed E-state index contributed by atoms with van der Waals surface area (Å²) in [5, 5.41) is 12.9. The summed E-state index contributed by atoms with van der Waals surface area (Å²) < 4.78 is 4.82. The minimum absolute atomic E-state index is 0.528. The van der Waals surface area contributed by atoms with E-state index in [1.165, 1.54) is 6.33 Å².